The van der Waals surface area contributed by atoms with E-state index in [4.69, 9.17) is 11.6 Å². The Morgan fingerprint density at radius 1 is 0.464 bits per heavy atom. The molecule has 0 aliphatic carbocycles. The number of benzene rings is 7. The van der Waals surface area contributed by atoms with Gasteiger partial charge in [0.2, 0.25) is 0 Å². The number of rotatable bonds is 7. The zero-order valence-corrected chi connectivity index (χ0v) is 30.5. The molecule has 0 saturated carbocycles. The van der Waals surface area contributed by atoms with Crippen molar-refractivity contribution in [3.8, 4) is 5.82 Å². The molecule has 2 aromatic heterocycles. The van der Waals surface area contributed by atoms with Crippen molar-refractivity contribution in [2.24, 2.45) is 0 Å². The van der Waals surface area contributed by atoms with E-state index in [-0.39, 0.29) is 0 Å². The van der Waals surface area contributed by atoms with Crippen molar-refractivity contribution in [2.75, 3.05) is 16.5 Å². The molecule has 3 heterocycles. The highest BCUT2D eigenvalue weighted by molar-refractivity contribution is 6.12. The minimum Gasteiger partial charge on any atom is -0.322 e. The van der Waals surface area contributed by atoms with Gasteiger partial charge in [0.25, 0.3) is 0 Å². The van der Waals surface area contributed by atoms with Crippen molar-refractivity contribution >= 4 is 61.4 Å². The number of para-hydroxylation sites is 4. The smallest absolute Gasteiger partial charge is 0.189 e. The van der Waals surface area contributed by atoms with Crippen LogP contribution in [0.1, 0.15) is 22.3 Å². The Labute approximate surface area is 326 Å². The first-order valence-electron chi connectivity index (χ1n) is 18.8. The second-order valence-electron chi connectivity index (χ2n) is 13.9. The molecule has 0 unspecified atom stereocenters. The van der Waals surface area contributed by atoms with E-state index in [1.807, 2.05) is 36.5 Å². The van der Waals surface area contributed by atoms with Gasteiger partial charge in [0.15, 0.2) is 5.69 Å². The maximum Gasteiger partial charge on any atom is 0.189 e. The first kappa shape index (κ1) is 32.9. The quantitative estimate of drug-likeness (QED) is 0.121. The highest BCUT2D eigenvalue weighted by atomic mass is 15.4. The fourth-order valence-corrected chi connectivity index (χ4v) is 8.20. The van der Waals surface area contributed by atoms with Gasteiger partial charge in [0.1, 0.15) is 12.5 Å². The van der Waals surface area contributed by atoms with Crippen LogP contribution in [0, 0.1) is 6.57 Å². The minimum absolute atomic E-state index is 0.579. The second kappa shape index (κ2) is 13.9. The van der Waals surface area contributed by atoms with Crippen LogP contribution < -0.4 is 9.80 Å². The third-order valence-corrected chi connectivity index (χ3v) is 10.7. The molecule has 1 aliphatic heterocycles. The van der Waals surface area contributed by atoms with Crippen LogP contribution in [0.4, 0.5) is 28.4 Å². The number of hydrogen-bond donors (Lipinski definition) is 0. The number of fused-ring (bicyclic) bond motifs is 4. The van der Waals surface area contributed by atoms with E-state index < -0.39 is 0 Å². The van der Waals surface area contributed by atoms with Crippen LogP contribution in [0.3, 0.4) is 0 Å². The van der Waals surface area contributed by atoms with E-state index in [0.29, 0.717) is 12.4 Å². The molecule has 7 aromatic carbocycles. The lowest BCUT2D eigenvalue weighted by Crippen LogP contribution is -2.23. The predicted molar refractivity (Wildman–Crippen MR) is 231 cm³/mol. The summed E-state index contributed by atoms with van der Waals surface area (Å²) in [6.45, 7) is 8.99. The molecule has 9 aromatic rings. The Morgan fingerprint density at radius 2 is 1.05 bits per heavy atom. The van der Waals surface area contributed by atoms with Crippen molar-refractivity contribution in [2.45, 2.75) is 0 Å². The fourth-order valence-electron chi connectivity index (χ4n) is 8.20. The van der Waals surface area contributed by atoms with E-state index in [0.717, 1.165) is 78.4 Å². The molecule has 264 valence electrons. The molecule has 0 amide bonds. The summed E-state index contributed by atoms with van der Waals surface area (Å²) in [5.41, 5.74) is 13.4. The first-order chi connectivity index (χ1) is 27.7. The average Bonchev–Trinajstić information content (AvgIpc) is 3.83. The van der Waals surface area contributed by atoms with E-state index in [1.54, 1.807) is 0 Å². The Bertz CT molecular complexity index is 2900. The zero-order valence-electron chi connectivity index (χ0n) is 30.5. The Kier molecular flexibility index (Phi) is 8.20. The Morgan fingerprint density at radius 3 is 1.73 bits per heavy atom. The van der Waals surface area contributed by atoms with Gasteiger partial charge in [0, 0.05) is 28.3 Å². The second-order valence-corrected chi connectivity index (χ2v) is 13.9. The summed E-state index contributed by atoms with van der Waals surface area (Å²) in [5, 5.41) is 2.32. The van der Waals surface area contributed by atoms with Gasteiger partial charge in [-0.15, -0.1) is 0 Å². The molecule has 0 radical (unpaired) electrons. The van der Waals surface area contributed by atoms with Crippen molar-refractivity contribution in [3.05, 3.63) is 234 Å². The molecule has 5 nitrogen and oxygen atoms in total. The number of aromatic nitrogens is 2. The number of anilines is 4. The highest BCUT2D eigenvalue weighted by Crippen LogP contribution is 2.47. The summed E-state index contributed by atoms with van der Waals surface area (Å²) in [5.74, 6) is 0.862. The summed E-state index contributed by atoms with van der Waals surface area (Å²) >= 11 is 0. The SMILES string of the molecule is [C-]#[N+]c1cc(C(=C(c2ccccc2)c2ccccc2)c2ccc3c4ccccc4n(-c4ccccn4)c3c2)cc(N2CN(c3ccccc3)c3ccccc32)c1. The summed E-state index contributed by atoms with van der Waals surface area (Å²) in [6.07, 6.45) is 1.85. The van der Waals surface area contributed by atoms with Gasteiger partial charge in [0.05, 0.1) is 29.0 Å². The molecule has 0 saturated heterocycles. The first-order valence-corrected chi connectivity index (χ1v) is 18.8. The molecule has 0 fully saturated rings. The number of hydrogen-bond acceptors (Lipinski definition) is 3. The van der Waals surface area contributed by atoms with Gasteiger partial charge in [-0.3, -0.25) is 4.57 Å². The van der Waals surface area contributed by atoms with E-state index in [1.165, 1.54) is 5.39 Å². The number of nitrogens with zero attached hydrogens (tertiary/aromatic N) is 5. The maximum atomic E-state index is 8.37. The van der Waals surface area contributed by atoms with E-state index in [2.05, 4.69) is 183 Å². The van der Waals surface area contributed by atoms with Crippen molar-refractivity contribution in [3.63, 3.8) is 0 Å². The zero-order chi connectivity index (χ0) is 37.4. The summed E-state index contributed by atoms with van der Waals surface area (Å²) in [4.78, 5) is 13.6. The molecular weight excluding hydrogens is 683 g/mol. The lowest BCUT2D eigenvalue weighted by Gasteiger charge is -2.24. The van der Waals surface area contributed by atoms with Gasteiger partial charge < -0.3 is 9.80 Å². The standard InChI is InChI=1S/C51H35N5/c1-52-40-31-39(32-42(34-40)55-35-54(41-21-9-4-10-22-41)46-25-13-14-26-47(46)55)51(50(36-17-5-2-6-18-36)37-19-7-3-8-20-37)38-28-29-44-43-23-11-12-24-45(43)56(48(44)33-38)49-27-15-16-30-53-49/h2-34H,35H2. The molecule has 56 heavy (non-hydrogen) atoms. The van der Waals surface area contributed by atoms with Crippen molar-refractivity contribution < 1.29 is 0 Å². The molecule has 0 bridgehead atoms. The summed E-state index contributed by atoms with van der Waals surface area (Å²) in [6, 6.07) is 67.9. The molecular formula is C51H35N5. The van der Waals surface area contributed by atoms with Crippen LogP contribution in [-0.2, 0) is 0 Å². The third-order valence-electron chi connectivity index (χ3n) is 10.7. The van der Waals surface area contributed by atoms with Crippen LogP contribution in [0.5, 0.6) is 0 Å². The molecule has 10 rings (SSSR count). The van der Waals surface area contributed by atoms with Gasteiger partial charge in [-0.1, -0.05) is 127 Å². The van der Waals surface area contributed by atoms with Crippen LogP contribution in [-0.4, -0.2) is 16.2 Å². The van der Waals surface area contributed by atoms with Crippen LogP contribution in [0.25, 0.3) is 43.6 Å². The predicted octanol–water partition coefficient (Wildman–Crippen LogP) is 13.0. The van der Waals surface area contributed by atoms with E-state index >= 15 is 0 Å². The fraction of sp³-hybridized carbons (Fsp3) is 0.0196. The topological polar surface area (TPSA) is 28.7 Å². The lowest BCUT2D eigenvalue weighted by atomic mass is 9.85. The lowest BCUT2D eigenvalue weighted by molar-refractivity contribution is 0.991. The van der Waals surface area contributed by atoms with Crippen LogP contribution in [0.2, 0.25) is 0 Å². The monoisotopic (exact) mass is 717 g/mol. The molecule has 5 heteroatoms. The van der Waals surface area contributed by atoms with Crippen molar-refractivity contribution in [1.82, 2.24) is 9.55 Å². The van der Waals surface area contributed by atoms with Gasteiger partial charge in [-0.2, -0.15) is 0 Å². The highest BCUT2D eigenvalue weighted by Gasteiger charge is 2.29. The van der Waals surface area contributed by atoms with Crippen molar-refractivity contribution in [1.29, 1.82) is 0 Å². The largest absolute Gasteiger partial charge is 0.322 e. The Hall–Kier alpha value is -7.68. The van der Waals surface area contributed by atoms with Crippen LogP contribution in [0.15, 0.2) is 200 Å². The van der Waals surface area contributed by atoms with Gasteiger partial charge in [-0.25, -0.2) is 9.83 Å². The molecule has 0 N–H and O–H groups in total. The maximum absolute atomic E-state index is 8.37. The summed E-state index contributed by atoms with van der Waals surface area (Å²) in [7, 11) is 0. The molecule has 1 aliphatic rings. The van der Waals surface area contributed by atoms with Gasteiger partial charge in [-0.05, 0) is 100 Å². The molecule has 0 spiro atoms. The summed E-state index contributed by atoms with van der Waals surface area (Å²) < 4.78 is 2.26. The van der Waals surface area contributed by atoms with E-state index in [9.17, 15) is 0 Å². The van der Waals surface area contributed by atoms with Gasteiger partial charge >= 0.3 is 0 Å². The molecule has 0 atom stereocenters. The Balaban J connectivity index is 1.26. The third kappa shape index (κ3) is 5.69. The normalized spacial score (nSPS) is 12.1. The minimum atomic E-state index is 0.579. The number of pyridine rings is 1. The average molecular weight is 718 g/mol. The van der Waals surface area contributed by atoms with Crippen LogP contribution >= 0.6 is 0 Å².